The molecule has 1 atom stereocenters. The number of aromatic nitrogens is 1. The number of fused-ring (bicyclic) bond motifs is 1. The number of nitro groups is 1. The number of likely N-dealkylation sites (tertiary alicyclic amines) is 1. The number of nitro benzene ring substituents is 1. The molecule has 1 saturated heterocycles. The standard InChI is InChI=1S/C22H23N3O4/c1-2-29-22(26)20-19(17-10-3-4-11-18(17)23-20)21(24-12-5-6-13-24)15-8-7-9-16(14-15)25(27)28/h3-4,7-11,14,21,23H,2,5-6,12-13H2,1H3. The Morgan fingerprint density at radius 3 is 2.69 bits per heavy atom. The Morgan fingerprint density at radius 1 is 1.21 bits per heavy atom. The van der Waals surface area contributed by atoms with Crippen molar-refractivity contribution in [1.82, 2.24) is 9.88 Å². The number of H-pyrrole nitrogens is 1. The number of esters is 1. The van der Waals surface area contributed by atoms with Crippen molar-refractivity contribution in [3.63, 3.8) is 0 Å². The Balaban J connectivity index is 1.94. The van der Waals surface area contributed by atoms with E-state index in [0.717, 1.165) is 48.0 Å². The number of hydrogen-bond donors (Lipinski definition) is 1. The van der Waals surface area contributed by atoms with E-state index in [4.69, 9.17) is 4.74 Å². The molecule has 0 aliphatic carbocycles. The van der Waals surface area contributed by atoms with Gasteiger partial charge in [-0.15, -0.1) is 0 Å². The van der Waals surface area contributed by atoms with Crippen LogP contribution in [0.15, 0.2) is 48.5 Å². The van der Waals surface area contributed by atoms with Crippen molar-refractivity contribution in [2.45, 2.75) is 25.8 Å². The first-order chi connectivity index (χ1) is 14.1. The van der Waals surface area contributed by atoms with Crippen LogP contribution in [0.3, 0.4) is 0 Å². The van der Waals surface area contributed by atoms with Crippen molar-refractivity contribution in [2.75, 3.05) is 19.7 Å². The minimum atomic E-state index is -0.409. The number of aromatic amines is 1. The summed E-state index contributed by atoms with van der Waals surface area (Å²) in [4.78, 5) is 29.3. The van der Waals surface area contributed by atoms with E-state index in [9.17, 15) is 14.9 Å². The zero-order chi connectivity index (χ0) is 20.4. The highest BCUT2D eigenvalue weighted by molar-refractivity contribution is 5.99. The van der Waals surface area contributed by atoms with E-state index in [-0.39, 0.29) is 23.3 Å². The summed E-state index contributed by atoms with van der Waals surface area (Å²) >= 11 is 0. The number of ether oxygens (including phenoxy) is 1. The number of non-ortho nitro benzene ring substituents is 1. The normalized spacial score (nSPS) is 15.5. The summed E-state index contributed by atoms with van der Waals surface area (Å²) in [5.41, 5.74) is 2.93. The van der Waals surface area contributed by atoms with Crippen LogP contribution in [0.5, 0.6) is 0 Å². The maximum absolute atomic E-state index is 12.8. The summed E-state index contributed by atoms with van der Waals surface area (Å²) in [6.45, 7) is 3.79. The molecule has 1 aliphatic rings. The van der Waals surface area contributed by atoms with Crippen LogP contribution in [0.25, 0.3) is 10.9 Å². The largest absolute Gasteiger partial charge is 0.461 e. The molecule has 1 N–H and O–H groups in total. The van der Waals surface area contributed by atoms with E-state index in [1.807, 2.05) is 30.3 Å². The second kappa shape index (κ2) is 8.05. The highest BCUT2D eigenvalue weighted by atomic mass is 16.6. The van der Waals surface area contributed by atoms with Crippen LogP contribution >= 0.6 is 0 Å². The minimum absolute atomic E-state index is 0.0456. The van der Waals surface area contributed by atoms with Gasteiger partial charge in [-0.3, -0.25) is 15.0 Å². The van der Waals surface area contributed by atoms with E-state index in [1.165, 1.54) is 6.07 Å². The maximum atomic E-state index is 12.8. The predicted octanol–water partition coefficient (Wildman–Crippen LogP) is 4.44. The Labute approximate surface area is 168 Å². The third-order valence-corrected chi connectivity index (χ3v) is 5.40. The smallest absolute Gasteiger partial charge is 0.355 e. The number of nitrogens with zero attached hydrogens (tertiary/aromatic N) is 2. The molecular formula is C22H23N3O4. The van der Waals surface area contributed by atoms with Gasteiger partial charge in [0.25, 0.3) is 5.69 Å². The monoisotopic (exact) mass is 393 g/mol. The number of nitrogens with one attached hydrogen (secondary N) is 1. The SMILES string of the molecule is CCOC(=O)c1[nH]c2ccccc2c1C(c1cccc([N+](=O)[O-])c1)N1CCCC1. The molecular weight excluding hydrogens is 370 g/mol. The maximum Gasteiger partial charge on any atom is 0.355 e. The molecule has 7 nitrogen and oxygen atoms in total. The van der Waals surface area contributed by atoms with Gasteiger partial charge >= 0.3 is 5.97 Å². The molecule has 150 valence electrons. The molecule has 1 unspecified atom stereocenters. The molecule has 29 heavy (non-hydrogen) atoms. The molecule has 0 saturated carbocycles. The number of rotatable bonds is 6. The fourth-order valence-corrected chi connectivity index (χ4v) is 4.18. The lowest BCUT2D eigenvalue weighted by Crippen LogP contribution is -2.28. The van der Waals surface area contributed by atoms with Gasteiger partial charge in [0, 0.05) is 28.6 Å². The molecule has 1 fully saturated rings. The van der Waals surface area contributed by atoms with Gasteiger partial charge in [-0.25, -0.2) is 4.79 Å². The van der Waals surface area contributed by atoms with E-state index in [2.05, 4.69) is 9.88 Å². The van der Waals surface area contributed by atoms with Crippen LogP contribution in [0.1, 0.15) is 47.4 Å². The van der Waals surface area contributed by atoms with Crippen molar-refractivity contribution in [3.05, 3.63) is 75.5 Å². The first-order valence-corrected chi connectivity index (χ1v) is 9.86. The fourth-order valence-electron chi connectivity index (χ4n) is 4.18. The lowest BCUT2D eigenvalue weighted by molar-refractivity contribution is -0.384. The molecule has 0 bridgehead atoms. The Bertz CT molecular complexity index is 1050. The van der Waals surface area contributed by atoms with Crippen molar-refractivity contribution < 1.29 is 14.5 Å². The van der Waals surface area contributed by atoms with Crippen molar-refractivity contribution >= 4 is 22.6 Å². The first-order valence-electron chi connectivity index (χ1n) is 9.86. The molecule has 3 aromatic rings. The number of carbonyl (C=O) groups excluding carboxylic acids is 1. The molecule has 0 radical (unpaired) electrons. The van der Waals surface area contributed by atoms with Gasteiger partial charge in [-0.1, -0.05) is 30.3 Å². The number of benzene rings is 2. The Hall–Kier alpha value is -3.19. The van der Waals surface area contributed by atoms with Crippen LogP contribution in [0.4, 0.5) is 5.69 Å². The summed E-state index contributed by atoms with van der Waals surface area (Å²) in [5, 5.41) is 12.3. The highest BCUT2D eigenvalue weighted by Crippen LogP contribution is 2.39. The second-order valence-corrected chi connectivity index (χ2v) is 7.18. The lowest BCUT2D eigenvalue weighted by Gasteiger charge is -2.28. The number of carbonyl (C=O) groups is 1. The van der Waals surface area contributed by atoms with Gasteiger partial charge in [-0.05, 0) is 44.5 Å². The van der Waals surface area contributed by atoms with E-state index < -0.39 is 5.97 Å². The quantitative estimate of drug-likeness (QED) is 0.380. The van der Waals surface area contributed by atoms with Gasteiger partial charge in [-0.2, -0.15) is 0 Å². The highest BCUT2D eigenvalue weighted by Gasteiger charge is 2.32. The molecule has 1 aromatic heterocycles. The molecule has 2 aromatic carbocycles. The van der Waals surface area contributed by atoms with E-state index in [0.29, 0.717) is 5.69 Å². The van der Waals surface area contributed by atoms with Crippen molar-refractivity contribution in [2.24, 2.45) is 0 Å². The number of para-hydroxylation sites is 1. The summed E-state index contributed by atoms with van der Waals surface area (Å²) < 4.78 is 5.31. The van der Waals surface area contributed by atoms with Gasteiger partial charge in [0.2, 0.25) is 0 Å². The topological polar surface area (TPSA) is 88.5 Å². The van der Waals surface area contributed by atoms with Gasteiger partial charge < -0.3 is 9.72 Å². The van der Waals surface area contributed by atoms with Crippen molar-refractivity contribution in [1.29, 1.82) is 0 Å². The third kappa shape index (κ3) is 3.61. The Kier molecular flexibility index (Phi) is 5.31. The van der Waals surface area contributed by atoms with Crippen LogP contribution in [0, 0.1) is 10.1 Å². The predicted molar refractivity (Wildman–Crippen MR) is 110 cm³/mol. The lowest BCUT2D eigenvalue weighted by atomic mass is 9.94. The number of hydrogen-bond acceptors (Lipinski definition) is 5. The summed E-state index contributed by atoms with van der Waals surface area (Å²) in [5.74, 6) is -0.409. The molecule has 4 rings (SSSR count). The van der Waals surface area contributed by atoms with Crippen LogP contribution < -0.4 is 0 Å². The average Bonchev–Trinajstić information content (AvgIpc) is 3.38. The average molecular weight is 393 g/mol. The van der Waals surface area contributed by atoms with Gasteiger partial charge in [0.05, 0.1) is 17.6 Å². The van der Waals surface area contributed by atoms with Crippen LogP contribution in [-0.4, -0.2) is 40.5 Å². The fraction of sp³-hybridized carbons (Fsp3) is 0.318. The van der Waals surface area contributed by atoms with Crippen LogP contribution in [0.2, 0.25) is 0 Å². The van der Waals surface area contributed by atoms with Crippen molar-refractivity contribution in [3.8, 4) is 0 Å². The molecule has 0 spiro atoms. The molecule has 2 heterocycles. The van der Waals surface area contributed by atoms with Gasteiger partial charge in [0.1, 0.15) is 5.69 Å². The summed E-state index contributed by atoms with van der Waals surface area (Å²) in [6.07, 6.45) is 2.12. The molecule has 0 amide bonds. The Morgan fingerprint density at radius 2 is 1.97 bits per heavy atom. The van der Waals surface area contributed by atoms with E-state index in [1.54, 1.807) is 19.1 Å². The zero-order valence-corrected chi connectivity index (χ0v) is 16.3. The second-order valence-electron chi connectivity index (χ2n) is 7.18. The molecule has 1 aliphatic heterocycles. The minimum Gasteiger partial charge on any atom is -0.461 e. The molecule has 7 heteroatoms. The summed E-state index contributed by atoms with van der Waals surface area (Å²) in [7, 11) is 0. The zero-order valence-electron chi connectivity index (χ0n) is 16.3. The van der Waals surface area contributed by atoms with E-state index >= 15 is 0 Å². The van der Waals surface area contributed by atoms with Gasteiger partial charge in [0.15, 0.2) is 0 Å². The van der Waals surface area contributed by atoms with Crippen LogP contribution in [-0.2, 0) is 4.74 Å². The third-order valence-electron chi connectivity index (χ3n) is 5.40. The first kappa shape index (κ1) is 19.1. The summed E-state index contributed by atoms with van der Waals surface area (Å²) in [6, 6.07) is 14.2.